The molecule has 1 aliphatic rings. The Hall–Kier alpha value is -0.770. The molecular weight excluding hydrogens is 220 g/mol. The van der Waals surface area contributed by atoms with Crippen molar-refractivity contribution < 1.29 is 4.74 Å². The van der Waals surface area contributed by atoms with E-state index in [2.05, 4.69) is 26.2 Å². The summed E-state index contributed by atoms with van der Waals surface area (Å²) in [6.45, 7) is 3.52. The Kier molecular flexibility index (Phi) is 1.92. The van der Waals surface area contributed by atoms with Crippen molar-refractivity contribution in [1.29, 1.82) is 0 Å². The van der Waals surface area contributed by atoms with Crippen molar-refractivity contribution in [3.8, 4) is 5.75 Å². The number of halogens is 1. The highest BCUT2D eigenvalue weighted by molar-refractivity contribution is 9.10. The molecule has 0 unspecified atom stereocenters. The summed E-state index contributed by atoms with van der Waals surface area (Å²) < 4.78 is 6.44. The molecule has 0 saturated carbocycles. The molecule has 64 valence electrons. The number of fused-ring (bicyclic) bond motifs is 1. The Morgan fingerprint density at radius 2 is 2.50 bits per heavy atom. The fourth-order valence-corrected chi connectivity index (χ4v) is 1.60. The van der Waals surface area contributed by atoms with E-state index in [1.807, 2.05) is 6.92 Å². The first-order valence-corrected chi connectivity index (χ1v) is 4.60. The number of aryl methyl sites for hydroxylation is 1. The van der Waals surface area contributed by atoms with Crippen LogP contribution in [-0.4, -0.2) is 18.1 Å². The van der Waals surface area contributed by atoms with Crippen molar-refractivity contribution in [3.05, 3.63) is 16.4 Å². The highest BCUT2D eigenvalue weighted by Gasteiger charge is 2.14. The van der Waals surface area contributed by atoms with Gasteiger partial charge >= 0.3 is 0 Å². The van der Waals surface area contributed by atoms with E-state index in [9.17, 15) is 0 Å². The molecule has 0 fully saturated rings. The van der Waals surface area contributed by atoms with E-state index in [1.54, 1.807) is 6.20 Å². The van der Waals surface area contributed by atoms with Crippen LogP contribution < -0.4 is 10.1 Å². The molecule has 12 heavy (non-hydrogen) atoms. The fraction of sp³-hybridized carbons (Fsp3) is 0.375. The maximum Gasteiger partial charge on any atom is 0.160 e. The topological polar surface area (TPSA) is 34.1 Å². The third kappa shape index (κ3) is 1.16. The number of pyridine rings is 1. The summed E-state index contributed by atoms with van der Waals surface area (Å²) in [7, 11) is 0. The lowest BCUT2D eigenvalue weighted by atomic mass is 10.3. The summed E-state index contributed by atoms with van der Waals surface area (Å²) in [5.41, 5.74) is 1.93. The van der Waals surface area contributed by atoms with Gasteiger partial charge in [0.2, 0.25) is 0 Å². The largest absolute Gasteiger partial charge is 0.488 e. The smallest absolute Gasteiger partial charge is 0.160 e. The Balaban J connectivity index is 2.54. The Bertz CT molecular complexity index is 314. The highest BCUT2D eigenvalue weighted by Crippen LogP contribution is 2.35. The molecule has 0 aliphatic carbocycles. The molecule has 1 aromatic heterocycles. The molecule has 0 atom stereocenters. The maximum absolute atomic E-state index is 5.49. The molecule has 2 rings (SSSR count). The van der Waals surface area contributed by atoms with Crippen LogP contribution in [-0.2, 0) is 0 Å². The van der Waals surface area contributed by atoms with Gasteiger partial charge in [-0.05, 0) is 22.9 Å². The molecule has 1 aromatic rings. The van der Waals surface area contributed by atoms with Crippen LogP contribution in [0.1, 0.15) is 5.69 Å². The maximum atomic E-state index is 5.49. The zero-order chi connectivity index (χ0) is 8.55. The van der Waals surface area contributed by atoms with Gasteiger partial charge in [-0.2, -0.15) is 0 Å². The van der Waals surface area contributed by atoms with Gasteiger partial charge < -0.3 is 10.1 Å². The van der Waals surface area contributed by atoms with Crippen LogP contribution in [0.4, 0.5) is 5.69 Å². The summed E-state index contributed by atoms with van der Waals surface area (Å²) in [6.07, 6.45) is 1.80. The minimum absolute atomic E-state index is 0.717. The monoisotopic (exact) mass is 228 g/mol. The lowest BCUT2D eigenvalue weighted by Gasteiger charge is -2.20. The number of rotatable bonds is 0. The van der Waals surface area contributed by atoms with Gasteiger partial charge in [-0.15, -0.1) is 0 Å². The third-order valence-corrected chi connectivity index (χ3v) is 2.75. The first kappa shape index (κ1) is 7.86. The van der Waals surface area contributed by atoms with Crippen molar-refractivity contribution in [3.63, 3.8) is 0 Å². The molecule has 0 amide bonds. The average Bonchev–Trinajstić information content (AvgIpc) is 2.12. The van der Waals surface area contributed by atoms with E-state index in [0.717, 1.165) is 34.8 Å². The van der Waals surface area contributed by atoms with E-state index in [4.69, 9.17) is 4.74 Å². The Morgan fingerprint density at radius 3 is 3.33 bits per heavy atom. The van der Waals surface area contributed by atoms with Crippen molar-refractivity contribution in [1.82, 2.24) is 4.98 Å². The lowest BCUT2D eigenvalue weighted by Crippen LogP contribution is -2.18. The molecule has 4 heteroatoms. The molecule has 0 aromatic carbocycles. The quantitative estimate of drug-likeness (QED) is 0.738. The standard InChI is InChI=1S/C8H9BrN2O/c1-5-7(9)8-6(4-11-5)10-2-3-12-8/h4,10H,2-3H2,1H3. The van der Waals surface area contributed by atoms with Gasteiger partial charge in [-0.1, -0.05) is 0 Å². The summed E-state index contributed by atoms with van der Waals surface area (Å²) in [5, 5.41) is 3.21. The summed E-state index contributed by atoms with van der Waals surface area (Å²) in [5.74, 6) is 0.883. The van der Waals surface area contributed by atoms with Crippen LogP contribution in [0.3, 0.4) is 0 Å². The molecule has 0 saturated heterocycles. The number of aromatic nitrogens is 1. The summed E-state index contributed by atoms with van der Waals surface area (Å²) in [6, 6.07) is 0. The lowest BCUT2D eigenvalue weighted by molar-refractivity contribution is 0.320. The van der Waals surface area contributed by atoms with E-state index in [0.29, 0.717) is 0 Å². The molecule has 0 bridgehead atoms. The van der Waals surface area contributed by atoms with Gasteiger partial charge in [0.15, 0.2) is 5.75 Å². The zero-order valence-electron chi connectivity index (χ0n) is 6.72. The first-order chi connectivity index (χ1) is 5.79. The second-order valence-electron chi connectivity index (χ2n) is 2.68. The van der Waals surface area contributed by atoms with Crippen LogP contribution >= 0.6 is 15.9 Å². The minimum Gasteiger partial charge on any atom is -0.488 e. The normalized spacial score (nSPS) is 14.5. The Labute approximate surface area is 79.3 Å². The number of hydrogen-bond donors (Lipinski definition) is 1. The van der Waals surface area contributed by atoms with Gasteiger partial charge in [0, 0.05) is 6.54 Å². The zero-order valence-corrected chi connectivity index (χ0v) is 8.31. The Morgan fingerprint density at radius 1 is 1.67 bits per heavy atom. The van der Waals surface area contributed by atoms with Gasteiger partial charge in [-0.3, -0.25) is 4.98 Å². The van der Waals surface area contributed by atoms with Crippen molar-refractivity contribution in [2.24, 2.45) is 0 Å². The van der Waals surface area contributed by atoms with Gasteiger partial charge in [0.1, 0.15) is 6.61 Å². The van der Waals surface area contributed by atoms with E-state index in [-0.39, 0.29) is 0 Å². The average molecular weight is 229 g/mol. The minimum atomic E-state index is 0.717. The molecule has 0 spiro atoms. The van der Waals surface area contributed by atoms with Crippen LogP contribution in [0.5, 0.6) is 5.75 Å². The second-order valence-corrected chi connectivity index (χ2v) is 3.47. The molecule has 0 radical (unpaired) electrons. The number of ether oxygens (including phenoxy) is 1. The van der Waals surface area contributed by atoms with Crippen LogP contribution in [0, 0.1) is 6.92 Å². The van der Waals surface area contributed by atoms with E-state index >= 15 is 0 Å². The number of anilines is 1. The molecule has 1 N–H and O–H groups in total. The fourth-order valence-electron chi connectivity index (χ4n) is 1.17. The summed E-state index contributed by atoms with van der Waals surface area (Å²) in [4.78, 5) is 4.20. The second kappa shape index (κ2) is 2.94. The van der Waals surface area contributed by atoms with Gasteiger partial charge in [0.25, 0.3) is 0 Å². The van der Waals surface area contributed by atoms with Crippen molar-refractivity contribution >= 4 is 21.6 Å². The molecule has 2 heterocycles. The van der Waals surface area contributed by atoms with E-state index in [1.165, 1.54) is 0 Å². The van der Waals surface area contributed by atoms with Gasteiger partial charge in [0.05, 0.1) is 22.1 Å². The third-order valence-electron chi connectivity index (χ3n) is 1.81. The summed E-state index contributed by atoms with van der Waals surface area (Å²) >= 11 is 3.44. The number of nitrogens with zero attached hydrogens (tertiary/aromatic N) is 1. The molecule has 3 nitrogen and oxygen atoms in total. The van der Waals surface area contributed by atoms with Crippen LogP contribution in [0.25, 0.3) is 0 Å². The van der Waals surface area contributed by atoms with Crippen molar-refractivity contribution in [2.45, 2.75) is 6.92 Å². The van der Waals surface area contributed by atoms with Crippen LogP contribution in [0.15, 0.2) is 10.7 Å². The van der Waals surface area contributed by atoms with E-state index < -0.39 is 0 Å². The molecule has 1 aliphatic heterocycles. The predicted octanol–water partition coefficient (Wildman–Crippen LogP) is 1.96. The predicted molar refractivity (Wildman–Crippen MR) is 50.7 cm³/mol. The first-order valence-electron chi connectivity index (χ1n) is 3.81. The SMILES string of the molecule is Cc1ncc2c(c1Br)OCCN2. The van der Waals surface area contributed by atoms with Gasteiger partial charge in [-0.25, -0.2) is 0 Å². The number of nitrogens with one attached hydrogen (secondary N) is 1. The molecular formula is C8H9BrN2O. The van der Waals surface area contributed by atoms with Crippen molar-refractivity contribution in [2.75, 3.05) is 18.5 Å². The van der Waals surface area contributed by atoms with Crippen LogP contribution in [0.2, 0.25) is 0 Å². The number of hydrogen-bond acceptors (Lipinski definition) is 3. The highest BCUT2D eigenvalue weighted by atomic mass is 79.9.